The van der Waals surface area contributed by atoms with Gasteiger partial charge < -0.3 is 10.4 Å². The highest BCUT2D eigenvalue weighted by atomic mass is 32.1. The van der Waals surface area contributed by atoms with Gasteiger partial charge in [0, 0.05) is 23.5 Å². The molecule has 0 fully saturated rings. The normalized spacial score (nSPS) is 11.6. The number of hydrogen-bond donors (Lipinski definition) is 2. The van der Waals surface area contributed by atoms with Crippen molar-refractivity contribution in [3.63, 3.8) is 0 Å². The van der Waals surface area contributed by atoms with Crippen LogP contribution in [0.2, 0.25) is 0 Å². The van der Waals surface area contributed by atoms with E-state index >= 15 is 0 Å². The number of carbonyl (C=O) groups excluding carboxylic acids is 1. The Morgan fingerprint density at radius 1 is 1.38 bits per heavy atom. The number of amides is 1. The lowest BCUT2D eigenvalue weighted by atomic mass is 10.1. The van der Waals surface area contributed by atoms with Crippen LogP contribution in [0.3, 0.4) is 0 Å². The van der Waals surface area contributed by atoms with Crippen LogP contribution < -0.4 is 5.32 Å². The van der Waals surface area contributed by atoms with Crippen LogP contribution in [0.5, 0.6) is 0 Å². The smallest absolute Gasteiger partial charge is 0.304 e. The van der Waals surface area contributed by atoms with Crippen molar-refractivity contribution in [1.29, 1.82) is 0 Å². The van der Waals surface area contributed by atoms with Crippen molar-refractivity contribution in [3.05, 3.63) is 22.4 Å². The summed E-state index contributed by atoms with van der Waals surface area (Å²) in [4.78, 5) is 25.8. The molecule has 0 aromatic carbocycles. The molecule has 21 heavy (non-hydrogen) atoms. The maximum absolute atomic E-state index is 12.0. The van der Waals surface area contributed by atoms with Crippen molar-refractivity contribution in [2.45, 2.75) is 39.2 Å². The summed E-state index contributed by atoms with van der Waals surface area (Å²) < 4.78 is 0. The summed E-state index contributed by atoms with van der Waals surface area (Å²) in [5.74, 6) is -0.908. The molecular weight excluding hydrogens is 288 g/mol. The number of rotatable bonds is 8. The molecule has 0 aliphatic heterocycles. The van der Waals surface area contributed by atoms with Gasteiger partial charge in [-0.1, -0.05) is 6.07 Å². The molecule has 6 heteroatoms. The van der Waals surface area contributed by atoms with E-state index in [1.807, 2.05) is 43.2 Å². The zero-order valence-electron chi connectivity index (χ0n) is 12.9. The zero-order chi connectivity index (χ0) is 15.9. The number of thiophene rings is 1. The van der Waals surface area contributed by atoms with Crippen molar-refractivity contribution >= 4 is 23.2 Å². The van der Waals surface area contributed by atoms with Crippen LogP contribution >= 0.6 is 11.3 Å². The summed E-state index contributed by atoms with van der Waals surface area (Å²) in [5.41, 5.74) is -0.236. The van der Waals surface area contributed by atoms with Gasteiger partial charge in [0.1, 0.15) is 0 Å². The van der Waals surface area contributed by atoms with Gasteiger partial charge in [-0.25, -0.2) is 0 Å². The first-order valence-electron chi connectivity index (χ1n) is 7.05. The SMILES string of the molecule is CC(C)(C)N(CCC(=O)O)CC(=O)NCCc1cccs1. The molecule has 0 unspecified atom stereocenters. The zero-order valence-corrected chi connectivity index (χ0v) is 13.7. The molecule has 1 aromatic rings. The maximum atomic E-state index is 12.0. The average Bonchev–Trinajstić information content (AvgIpc) is 2.85. The Bertz CT molecular complexity index is 452. The van der Waals surface area contributed by atoms with E-state index in [4.69, 9.17) is 5.11 Å². The third kappa shape index (κ3) is 7.24. The number of hydrogen-bond acceptors (Lipinski definition) is 4. The number of carbonyl (C=O) groups is 2. The van der Waals surface area contributed by atoms with E-state index in [0.717, 1.165) is 6.42 Å². The number of aliphatic carboxylic acids is 1. The lowest BCUT2D eigenvalue weighted by Crippen LogP contribution is -2.48. The van der Waals surface area contributed by atoms with Gasteiger partial charge in [0.05, 0.1) is 13.0 Å². The van der Waals surface area contributed by atoms with Gasteiger partial charge >= 0.3 is 5.97 Å². The molecule has 0 bridgehead atoms. The van der Waals surface area contributed by atoms with E-state index in [1.54, 1.807) is 11.3 Å². The largest absolute Gasteiger partial charge is 0.481 e. The summed E-state index contributed by atoms with van der Waals surface area (Å²) in [6.45, 7) is 7.14. The number of nitrogens with one attached hydrogen (secondary N) is 1. The van der Waals surface area contributed by atoms with Crippen molar-refractivity contribution in [3.8, 4) is 0 Å². The van der Waals surface area contributed by atoms with Crippen LogP contribution in [0, 0.1) is 0 Å². The molecule has 0 saturated carbocycles. The quantitative estimate of drug-likeness (QED) is 0.770. The molecule has 0 saturated heterocycles. The Morgan fingerprint density at radius 2 is 2.10 bits per heavy atom. The van der Waals surface area contributed by atoms with E-state index < -0.39 is 5.97 Å². The molecule has 0 spiro atoms. The van der Waals surface area contributed by atoms with Crippen LogP contribution in [-0.2, 0) is 16.0 Å². The number of carboxylic acid groups (broad SMARTS) is 1. The second-order valence-electron chi connectivity index (χ2n) is 5.92. The van der Waals surface area contributed by atoms with E-state index in [1.165, 1.54) is 4.88 Å². The van der Waals surface area contributed by atoms with Crippen molar-refractivity contribution in [1.82, 2.24) is 10.2 Å². The summed E-state index contributed by atoms with van der Waals surface area (Å²) >= 11 is 1.68. The molecule has 0 atom stereocenters. The number of nitrogens with zero attached hydrogens (tertiary/aromatic N) is 1. The number of carboxylic acids is 1. The second-order valence-corrected chi connectivity index (χ2v) is 6.95. The van der Waals surface area contributed by atoms with Gasteiger partial charge in [0.15, 0.2) is 0 Å². The maximum Gasteiger partial charge on any atom is 0.304 e. The average molecular weight is 312 g/mol. The van der Waals surface area contributed by atoms with E-state index in [2.05, 4.69) is 5.32 Å². The monoisotopic (exact) mass is 312 g/mol. The molecule has 0 aliphatic carbocycles. The highest BCUT2D eigenvalue weighted by molar-refractivity contribution is 7.09. The minimum Gasteiger partial charge on any atom is -0.481 e. The predicted molar refractivity (Wildman–Crippen MR) is 84.6 cm³/mol. The molecule has 1 aromatic heterocycles. The van der Waals surface area contributed by atoms with Crippen LogP contribution in [0.15, 0.2) is 17.5 Å². The Hall–Kier alpha value is -1.40. The lowest BCUT2D eigenvalue weighted by Gasteiger charge is -2.34. The summed E-state index contributed by atoms with van der Waals surface area (Å²) in [7, 11) is 0. The van der Waals surface area contributed by atoms with Gasteiger partial charge in [-0.05, 0) is 38.6 Å². The minimum atomic E-state index is -0.845. The van der Waals surface area contributed by atoms with Crippen molar-refractivity contribution in [2.75, 3.05) is 19.6 Å². The molecular formula is C15H24N2O3S. The van der Waals surface area contributed by atoms with E-state index in [9.17, 15) is 9.59 Å². The van der Waals surface area contributed by atoms with Gasteiger partial charge in [-0.15, -0.1) is 11.3 Å². The minimum absolute atomic E-state index is 0.0414. The third-order valence-corrected chi connectivity index (χ3v) is 4.09. The Kier molecular flexibility index (Phi) is 6.84. The van der Waals surface area contributed by atoms with Gasteiger partial charge in [-0.2, -0.15) is 0 Å². The first-order chi connectivity index (χ1) is 9.79. The van der Waals surface area contributed by atoms with Crippen LogP contribution in [0.1, 0.15) is 32.1 Å². The topological polar surface area (TPSA) is 69.6 Å². The van der Waals surface area contributed by atoms with Gasteiger partial charge in [0.25, 0.3) is 0 Å². The van der Waals surface area contributed by atoms with Crippen LogP contribution in [0.25, 0.3) is 0 Å². The molecule has 2 N–H and O–H groups in total. The summed E-state index contributed by atoms with van der Waals surface area (Å²) in [6, 6.07) is 4.04. The Balaban J connectivity index is 2.38. The first-order valence-corrected chi connectivity index (χ1v) is 7.93. The van der Waals surface area contributed by atoms with Crippen molar-refractivity contribution in [2.24, 2.45) is 0 Å². The highest BCUT2D eigenvalue weighted by Gasteiger charge is 2.23. The second kappa shape index (κ2) is 8.14. The molecule has 0 aliphatic rings. The fraction of sp³-hybridized carbons (Fsp3) is 0.600. The van der Waals surface area contributed by atoms with Crippen LogP contribution in [-0.4, -0.2) is 47.1 Å². The molecule has 5 nitrogen and oxygen atoms in total. The highest BCUT2D eigenvalue weighted by Crippen LogP contribution is 2.13. The summed E-state index contributed by atoms with van der Waals surface area (Å²) in [6.07, 6.45) is 0.869. The molecule has 1 rings (SSSR count). The van der Waals surface area contributed by atoms with E-state index in [0.29, 0.717) is 13.1 Å². The molecule has 1 heterocycles. The molecule has 118 valence electrons. The van der Waals surface area contributed by atoms with Gasteiger partial charge in [0.2, 0.25) is 5.91 Å². The third-order valence-electron chi connectivity index (χ3n) is 3.15. The van der Waals surface area contributed by atoms with Crippen molar-refractivity contribution < 1.29 is 14.7 Å². The standard InChI is InChI=1S/C15H24N2O3S/c1-15(2,3)17(9-7-14(19)20)11-13(18)16-8-6-12-5-4-10-21-12/h4-5,10H,6-9,11H2,1-3H3,(H,16,18)(H,19,20). The Labute approximate surface area is 130 Å². The lowest BCUT2D eigenvalue weighted by molar-refractivity contribution is -0.138. The fourth-order valence-electron chi connectivity index (χ4n) is 1.89. The molecule has 1 amide bonds. The Morgan fingerprint density at radius 3 is 2.62 bits per heavy atom. The predicted octanol–water partition coefficient (Wildman–Crippen LogP) is 1.98. The summed E-state index contributed by atoms with van der Waals surface area (Å²) in [5, 5.41) is 13.7. The van der Waals surface area contributed by atoms with Gasteiger partial charge in [-0.3, -0.25) is 14.5 Å². The van der Waals surface area contributed by atoms with E-state index in [-0.39, 0.29) is 24.4 Å². The first kappa shape index (κ1) is 17.7. The molecule has 0 radical (unpaired) electrons. The fourth-order valence-corrected chi connectivity index (χ4v) is 2.60. The van der Waals surface area contributed by atoms with Crippen LogP contribution in [0.4, 0.5) is 0 Å².